The Balaban J connectivity index is 1.52. The summed E-state index contributed by atoms with van der Waals surface area (Å²) in [6.07, 6.45) is 6.01. The SMILES string of the molecule is O=C(CN1C(=O)[C@H](Cc2ccccc2)N=C(c2ccccc2)c2ccccc21)NC1CCCCC1. The summed E-state index contributed by atoms with van der Waals surface area (Å²) in [5, 5.41) is 3.18. The molecule has 2 amide bonds. The van der Waals surface area contributed by atoms with Crippen LogP contribution in [-0.4, -0.2) is 36.2 Å². The first-order chi connectivity index (χ1) is 17.2. The first-order valence-corrected chi connectivity index (χ1v) is 12.6. The number of para-hydroxylation sites is 1. The maximum absolute atomic E-state index is 14.0. The minimum Gasteiger partial charge on any atom is -0.352 e. The molecule has 0 radical (unpaired) electrons. The van der Waals surface area contributed by atoms with E-state index in [-0.39, 0.29) is 24.4 Å². The number of fused-ring (bicyclic) bond motifs is 1. The van der Waals surface area contributed by atoms with Gasteiger partial charge in [-0.05, 0) is 24.5 Å². The molecule has 3 aromatic carbocycles. The van der Waals surface area contributed by atoms with Crippen molar-refractivity contribution in [1.82, 2.24) is 5.32 Å². The van der Waals surface area contributed by atoms with Crippen molar-refractivity contribution < 1.29 is 9.59 Å². The largest absolute Gasteiger partial charge is 0.352 e. The Morgan fingerprint density at radius 3 is 2.26 bits per heavy atom. The molecule has 0 spiro atoms. The fourth-order valence-corrected chi connectivity index (χ4v) is 5.11. The zero-order chi connectivity index (χ0) is 24.0. The van der Waals surface area contributed by atoms with Gasteiger partial charge in [0.2, 0.25) is 5.91 Å². The van der Waals surface area contributed by atoms with Gasteiger partial charge in [0.05, 0.1) is 11.4 Å². The van der Waals surface area contributed by atoms with Crippen molar-refractivity contribution in [2.24, 2.45) is 4.99 Å². The van der Waals surface area contributed by atoms with E-state index in [0.29, 0.717) is 6.42 Å². The summed E-state index contributed by atoms with van der Waals surface area (Å²) < 4.78 is 0. The number of carbonyl (C=O) groups is 2. The van der Waals surface area contributed by atoms with Gasteiger partial charge in [-0.3, -0.25) is 14.6 Å². The molecule has 0 bridgehead atoms. The van der Waals surface area contributed by atoms with Crippen LogP contribution in [0.1, 0.15) is 48.8 Å². The first-order valence-electron chi connectivity index (χ1n) is 12.6. The number of hydrogen-bond donors (Lipinski definition) is 1. The average molecular weight is 466 g/mol. The van der Waals surface area contributed by atoms with Gasteiger partial charge in [0.25, 0.3) is 5.91 Å². The molecule has 5 heteroatoms. The van der Waals surface area contributed by atoms with E-state index in [9.17, 15) is 9.59 Å². The molecule has 1 saturated carbocycles. The molecule has 2 aliphatic rings. The number of aliphatic imine (C=N–C) groups is 1. The van der Waals surface area contributed by atoms with Crippen LogP contribution in [-0.2, 0) is 16.0 Å². The van der Waals surface area contributed by atoms with Crippen LogP contribution in [0, 0.1) is 0 Å². The second-order valence-corrected chi connectivity index (χ2v) is 9.39. The van der Waals surface area contributed by atoms with Gasteiger partial charge in [-0.15, -0.1) is 0 Å². The molecular formula is C30H31N3O2. The number of hydrogen-bond acceptors (Lipinski definition) is 3. The fraction of sp³-hybridized carbons (Fsp3) is 0.300. The molecule has 5 rings (SSSR count). The van der Waals surface area contributed by atoms with E-state index < -0.39 is 6.04 Å². The third kappa shape index (κ3) is 5.35. The van der Waals surface area contributed by atoms with Gasteiger partial charge >= 0.3 is 0 Å². The Labute approximate surface area is 206 Å². The van der Waals surface area contributed by atoms with Crippen LogP contribution in [0.2, 0.25) is 0 Å². The molecule has 0 unspecified atom stereocenters. The number of nitrogens with zero attached hydrogens (tertiary/aromatic N) is 2. The molecule has 3 aromatic rings. The van der Waals surface area contributed by atoms with Crippen molar-refractivity contribution in [3.05, 3.63) is 102 Å². The summed E-state index contributed by atoms with van der Waals surface area (Å²) in [6, 6.07) is 27.3. The Morgan fingerprint density at radius 1 is 0.857 bits per heavy atom. The second kappa shape index (κ2) is 10.7. The minimum absolute atomic E-state index is 0.00474. The lowest BCUT2D eigenvalue weighted by atomic mass is 9.95. The standard InChI is InChI=1S/C30H31N3O2/c34-28(31-24-16-8-3-9-17-24)21-33-27-19-11-10-18-25(27)29(23-14-6-2-7-15-23)32-26(30(33)35)20-22-12-4-1-5-13-22/h1-2,4-7,10-15,18-19,24,26H,3,8-9,16-17,20-21H2,(H,31,34)/t26-/m0/s1. The van der Waals surface area contributed by atoms with E-state index in [1.165, 1.54) is 6.42 Å². The zero-order valence-corrected chi connectivity index (χ0v) is 19.9. The van der Waals surface area contributed by atoms with Gasteiger partial charge in [-0.2, -0.15) is 0 Å². The van der Waals surface area contributed by atoms with E-state index >= 15 is 0 Å². The zero-order valence-electron chi connectivity index (χ0n) is 19.9. The summed E-state index contributed by atoms with van der Waals surface area (Å²) in [5.41, 5.74) is 4.38. The molecule has 0 aromatic heterocycles. The average Bonchev–Trinajstić information content (AvgIpc) is 3.01. The predicted octanol–water partition coefficient (Wildman–Crippen LogP) is 4.93. The van der Waals surface area contributed by atoms with Crippen LogP contribution in [0.4, 0.5) is 5.69 Å². The Bertz CT molecular complexity index is 1200. The number of rotatable bonds is 6. The monoisotopic (exact) mass is 465 g/mol. The maximum Gasteiger partial charge on any atom is 0.252 e. The van der Waals surface area contributed by atoms with Crippen LogP contribution in [0.5, 0.6) is 0 Å². The van der Waals surface area contributed by atoms with Crippen LogP contribution >= 0.6 is 0 Å². The van der Waals surface area contributed by atoms with Crippen LogP contribution in [0.15, 0.2) is 89.9 Å². The van der Waals surface area contributed by atoms with Crippen molar-refractivity contribution in [3.63, 3.8) is 0 Å². The summed E-state index contributed by atoms with van der Waals surface area (Å²) in [4.78, 5) is 33.7. The van der Waals surface area contributed by atoms with Gasteiger partial charge in [-0.25, -0.2) is 0 Å². The van der Waals surface area contributed by atoms with Crippen LogP contribution in [0.3, 0.4) is 0 Å². The van der Waals surface area contributed by atoms with Gasteiger partial charge in [0, 0.05) is 23.6 Å². The molecule has 35 heavy (non-hydrogen) atoms. The Morgan fingerprint density at radius 2 is 1.51 bits per heavy atom. The highest BCUT2D eigenvalue weighted by atomic mass is 16.2. The van der Waals surface area contributed by atoms with Crippen molar-refractivity contribution >= 4 is 23.2 Å². The van der Waals surface area contributed by atoms with Gasteiger partial charge in [-0.1, -0.05) is 98.1 Å². The lowest BCUT2D eigenvalue weighted by Gasteiger charge is -2.27. The van der Waals surface area contributed by atoms with Crippen LogP contribution < -0.4 is 10.2 Å². The molecule has 1 heterocycles. The molecule has 0 saturated heterocycles. The number of amides is 2. The Kier molecular flexibility index (Phi) is 7.03. The van der Waals surface area contributed by atoms with Crippen molar-refractivity contribution in [2.75, 3.05) is 11.4 Å². The van der Waals surface area contributed by atoms with Gasteiger partial charge in [0.15, 0.2) is 0 Å². The molecule has 1 fully saturated rings. The van der Waals surface area contributed by atoms with Gasteiger partial charge < -0.3 is 10.2 Å². The van der Waals surface area contributed by atoms with E-state index in [4.69, 9.17) is 4.99 Å². The van der Waals surface area contributed by atoms with E-state index in [2.05, 4.69) is 5.32 Å². The smallest absolute Gasteiger partial charge is 0.252 e. The highest BCUT2D eigenvalue weighted by molar-refractivity contribution is 6.20. The van der Waals surface area contributed by atoms with Gasteiger partial charge in [0.1, 0.15) is 12.6 Å². The van der Waals surface area contributed by atoms with Crippen molar-refractivity contribution in [1.29, 1.82) is 0 Å². The topological polar surface area (TPSA) is 61.8 Å². The van der Waals surface area contributed by atoms with Crippen molar-refractivity contribution in [3.8, 4) is 0 Å². The number of anilines is 1. The quantitative estimate of drug-likeness (QED) is 0.561. The summed E-state index contributed by atoms with van der Waals surface area (Å²) in [5.74, 6) is -0.257. The lowest BCUT2D eigenvalue weighted by molar-refractivity contribution is -0.124. The normalized spacial score (nSPS) is 18.4. The third-order valence-corrected chi connectivity index (χ3v) is 6.88. The lowest BCUT2D eigenvalue weighted by Crippen LogP contribution is -2.47. The number of nitrogens with one attached hydrogen (secondary N) is 1. The fourth-order valence-electron chi connectivity index (χ4n) is 5.11. The Hall–Kier alpha value is -3.73. The molecule has 1 aliphatic carbocycles. The summed E-state index contributed by atoms with van der Waals surface area (Å²) in [6.45, 7) is -0.00474. The first kappa shape index (κ1) is 23.0. The molecule has 1 aliphatic heterocycles. The number of benzodiazepines with no additional fused rings is 1. The molecular weight excluding hydrogens is 434 g/mol. The highest BCUT2D eigenvalue weighted by Gasteiger charge is 2.33. The molecule has 1 N–H and O–H groups in total. The summed E-state index contributed by atoms with van der Waals surface area (Å²) >= 11 is 0. The predicted molar refractivity (Wildman–Crippen MR) is 140 cm³/mol. The van der Waals surface area contributed by atoms with E-state index in [1.54, 1.807) is 4.90 Å². The van der Waals surface area contributed by atoms with Crippen LogP contribution in [0.25, 0.3) is 0 Å². The molecule has 1 atom stereocenters. The second-order valence-electron chi connectivity index (χ2n) is 9.39. The molecule has 178 valence electrons. The van der Waals surface area contributed by atoms with E-state index in [0.717, 1.165) is 53.8 Å². The highest BCUT2D eigenvalue weighted by Crippen LogP contribution is 2.29. The van der Waals surface area contributed by atoms with E-state index in [1.807, 2.05) is 84.9 Å². The van der Waals surface area contributed by atoms with Crippen molar-refractivity contribution in [2.45, 2.75) is 50.6 Å². The number of carbonyl (C=O) groups excluding carboxylic acids is 2. The number of benzene rings is 3. The summed E-state index contributed by atoms with van der Waals surface area (Å²) in [7, 11) is 0. The molecule has 5 nitrogen and oxygen atoms in total. The minimum atomic E-state index is -0.623. The maximum atomic E-state index is 14.0. The third-order valence-electron chi connectivity index (χ3n) is 6.88.